The van der Waals surface area contributed by atoms with E-state index in [1.807, 2.05) is 0 Å². The minimum Gasteiger partial charge on any atom is -0.548 e. The number of hydrogen-bond acceptors (Lipinski definition) is 6. The van der Waals surface area contributed by atoms with E-state index in [1.54, 1.807) is 36.4 Å². The van der Waals surface area contributed by atoms with Crippen molar-refractivity contribution in [2.45, 2.75) is 6.61 Å². The number of para-hydroxylation sites is 1. The molecule has 1 fully saturated rings. The number of amides is 2. The zero-order chi connectivity index (χ0) is 19.4. The largest absolute Gasteiger partial charge is 0.548 e. The molecule has 27 heavy (non-hydrogen) atoms. The lowest BCUT2D eigenvalue weighted by molar-refractivity contribution is -0.305. The smallest absolute Gasteiger partial charge is 0.293 e. The van der Waals surface area contributed by atoms with Crippen LogP contribution in [-0.2, 0) is 16.2 Å². The van der Waals surface area contributed by atoms with Gasteiger partial charge in [-0.15, -0.1) is 0 Å². The van der Waals surface area contributed by atoms with Crippen molar-refractivity contribution in [3.8, 4) is 5.75 Å². The van der Waals surface area contributed by atoms with Gasteiger partial charge in [-0.25, -0.2) is 4.39 Å². The van der Waals surface area contributed by atoms with E-state index in [-0.39, 0.29) is 17.3 Å². The van der Waals surface area contributed by atoms with E-state index in [1.165, 1.54) is 18.2 Å². The maximum Gasteiger partial charge on any atom is 0.293 e. The number of ether oxygens (including phenoxy) is 1. The Morgan fingerprint density at radius 2 is 1.96 bits per heavy atom. The number of carboxylic acid groups (broad SMARTS) is 1. The van der Waals surface area contributed by atoms with Crippen LogP contribution in [0, 0.1) is 5.82 Å². The van der Waals surface area contributed by atoms with E-state index in [0.29, 0.717) is 33.5 Å². The van der Waals surface area contributed by atoms with Crippen molar-refractivity contribution in [1.29, 1.82) is 0 Å². The Kier molecular flexibility index (Phi) is 5.56. The number of hydrogen-bond donors (Lipinski definition) is 0. The first-order valence-corrected chi connectivity index (χ1v) is 8.67. The maximum atomic E-state index is 13.3. The molecule has 0 aromatic heterocycles. The topological polar surface area (TPSA) is 86.7 Å². The predicted octanol–water partition coefficient (Wildman–Crippen LogP) is 2.19. The molecule has 3 rings (SSSR count). The number of rotatable bonds is 6. The molecule has 0 radical (unpaired) electrons. The summed E-state index contributed by atoms with van der Waals surface area (Å²) in [5.41, 5.74) is 1.17. The van der Waals surface area contributed by atoms with Gasteiger partial charge in [0, 0.05) is 5.56 Å². The fraction of sp³-hybridized carbons (Fsp3) is 0.105. The van der Waals surface area contributed by atoms with E-state index in [0.717, 1.165) is 0 Å². The van der Waals surface area contributed by atoms with E-state index >= 15 is 0 Å². The third-order valence-electron chi connectivity index (χ3n) is 3.65. The highest BCUT2D eigenvalue weighted by molar-refractivity contribution is 8.18. The minimum absolute atomic E-state index is 0.0862. The van der Waals surface area contributed by atoms with Crippen LogP contribution >= 0.6 is 11.8 Å². The fourth-order valence-corrected chi connectivity index (χ4v) is 3.25. The zero-order valence-corrected chi connectivity index (χ0v) is 14.7. The van der Waals surface area contributed by atoms with Gasteiger partial charge >= 0.3 is 0 Å². The number of benzene rings is 2. The molecule has 6 nitrogen and oxygen atoms in total. The summed E-state index contributed by atoms with van der Waals surface area (Å²) in [7, 11) is 0. The second-order valence-electron chi connectivity index (χ2n) is 5.60. The highest BCUT2D eigenvalue weighted by atomic mass is 32.2. The summed E-state index contributed by atoms with van der Waals surface area (Å²) in [6.07, 6.45) is 1.46. The SMILES string of the molecule is O=C([O-])CN1C(=O)S/C(=C/c2ccccc2OCc2cccc(F)c2)C1=O. The van der Waals surface area contributed by atoms with E-state index in [2.05, 4.69) is 0 Å². The van der Waals surface area contributed by atoms with Gasteiger partial charge in [0.15, 0.2) is 0 Å². The monoisotopic (exact) mass is 386 g/mol. The van der Waals surface area contributed by atoms with Crippen LogP contribution in [0.3, 0.4) is 0 Å². The zero-order valence-electron chi connectivity index (χ0n) is 13.9. The van der Waals surface area contributed by atoms with Crippen molar-refractivity contribution in [3.05, 3.63) is 70.4 Å². The minimum atomic E-state index is -1.52. The van der Waals surface area contributed by atoms with Crippen LogP contribution in [0.5, 0.6) is 5.75 Å². The molecule has 1 aliphatic rings. The van der Waals surface area contributed by atoms with Crippen molar-refractivity contribution >= 4 is 35.0 Å². The molecule has 8 heteroatoms. The summed E-state index contributed by atoms with van der Waals surface area (Å²) in [4.78, 5) is 35.4. The standard InChI is InChI=1S/C19H14FNO5S/c20-14-6-3-4-12(8-14)11-26-15-7-2-1-5-13(15)9-16-18(24)21(10-17(22)23)19(25)27-16/h1-9H,10-11H2,(H,22,23)/p-1/b16-9+. The number of imide groups is 1. The van der Waals surface area contributed by atoms with Crippen molar-refractivity contribution in [3.63, 3.8) is 0 Å². The van der Waals surface area contributed by atoms with Gasteiger partial charge in [-0.3, -0.25) is 14.5 Å². The first-order chi connectivity index (χ1) is 12.9. The first-order valence-electron chi connectivity index (χ1n) is 7.85. The lowest BCUT2D eigenvalue weighted by atomic mass is 10.1. The highest BCUT2D eigenvalue weighted by Gasteiger charge is 2.35. The Morgan fingerprint density at radius 3 is 2.70 bits per heavy atom. The Hall–Kier alpha value is -3.13. The van der Waals surface area contributed by atoms with Crippen LogP contribution in [0.4, 0.5) is 9.18 Å². The van der Waals surface area contributed by atoms with Crippen LogP contribution in [0.1, 0.15) is 11.1 Å². The van der Waals surface area contributed by atoms with Crippen LogP contribution in [0.15, 0.2) is 53.4 Å². The second kappa shape index (κ2) is 8.05. The summed E-state index contributed by atoms with van der Waals surface area (Å²) in [5.74, 6) is -2.15. The summed E-state index contributed by atoms with van der Waals surface area (Å²) >= 11 is 0.646. The molecular formula is C19H13FNO5S-. The van der Waals surface area contributed by atoms with E-state index in [9.17, 15) is 23.9 Å². The van der Waals surface area contributed by atoms with Crippen molar-refractivity contribution in [2.75, 3.05) is 6.54 Å². The molecule has 1 aliphatic heterocycles. The van der Waals surface area contributed by atoms with E-state index < -0.39 is 23.7 Å². The summed E-state index contributed by atoms with van der Waals surface area (Å²) in [6, 6.07) is 12.8. The molecule has 2 aromatic rings. The van der Waals surface area contributed by atoms with Gasteiger partial charge in [0.2, 0.25) is 0 Å². The molecule has 0 aliphatic carbocycles. The number of carboxylic acids is 1. The summed E-state index contributed by atoms with van der Waals surface area (Å²) in [5, 5.41) is 10.0. The Bertz CT molecular complexity index is 943. The van der Waals surface area contributed by atoms with Gasteiger partial charge in [0.1, 0.15) is 18.2 Å². The number of aliphatic carboxylic acids is 1. The van der Waals surface area contributed by atoms with Crippen molar-refractivity contribution < 1.29 is 28.6 Å². The maximum absolute atomic E-state index is 13.3. The number of thioether (sulfide) groups is 1. The van der Waals surface area contributed by atoms with Gasteiger partial charge in [-0.05, 0) is 41.6 Å². The highest BCUT2D eigenvalue weighted by Crippen LogP contribution is 2.33. The third-order valence-corrected chi connectivity index (χ3v) is 4.56. The molecule has 2 amide bonds. The molecule has 0 N–H and O–H groups in total. The number of carbonyl (C=O) groups is 3. The molecule has 138 valence electrons. The third kappa shape index (κ3) is 4.53. The van der Waals surface area contributed by atoms with Gasteiger partial charge in [-0.1, -0.05) is 30.3 Å². The van der Waals surface area contributed by atoms with Crippen LogP contribution in [-0.4, -0.2) is 28.6 Å². The van der Waals surface area contributed by atoms with Crippen LogP contribution < -0.4 is 9.84 Å². The Balaban J connectivity index is 1.80. The van der Waals surface area contributed by atoms with Gasteiger partial charge in [0.25, 0.3) is 11.1 Å². The Labute approximate surface area is 158 Å². The average Bonchev–Trinajstić information content (AvgIpc) is 2.88. The number of carbonyl (C=O) groups excluding carboxylic acids is 3. The summed E-state index contributed by atoms with van der Waals surface area (Å²) in [6.45, 7) is -0.672. The predicted molar refractivity (Wildman–Crippen MR) is 94.9 cm³/mol. The first kappa shape index (κ1) is 18.7. The molecular weight excluding hydrogens is 373 g/mol. The molecule has 1 saturated heterocycles. The van der Waals surface area contributed by atoms with Crippen LogP contribution in [0.2, 0.25) is 0 Å². The average molecular weight is 386 g/mol. The number of nitrogens with zero attached hydrogens (tertiary/aromatic N) is 1. The quantitative estimate of drug-likeness (QED) is 0.708. The van der Waals surface area contributed by atoms with Gasteiger partial charge < -0.3 is 14.6 Å². The second-order valence-corrected chi connectivity index (χ2v) is 6.59. The van der Waals surface area contributed by atoms with Crippen molar-refractivity contribution in [2.24, 2.45) is 0 Å². The lowest BCUT2D eigenvalue weighted by Gasteiger charge is -2.12. The number of halogens is 1. The Morgan fingerprint density at radius 1 is 1.19 bits per heavy atom. The van der Waals surface area contributed by atoms with Gasteiger partial charge in [0.05, 0.1) is 17.4 Å². The molecule has 0 bridgehead atoms. The fourth-order valence-electron chi connectivity index (χ4n) is 2.43. The summed E-state index contributed by atoms with van der Waals surface area (Å²) < 4.78 is 19.0. The molecule has 0 spiro atoms. The van der Waals surface area contributed by atoms with Crippen molar-refractivity contribution in [1.82, 2.24) is 4.90 Å². The molecule has 0 atom stereocenters. The lowest BCUT2D eigenvalue weighted by Crippen LogP contribution is -2.40. The van der Waals surface area contributed by atoms with Crippen LogP contribution in [0.25, 0.3) is 6.08 Å². The molecule has 0 unspecified atom stereocenters. The molecule has 0 saturated carbocycles. The molecule has 2 aromatic carbocycles. The molecule has 1 heterocycles. The normalized spacial score (nSPS) is 15.4. The van der Waals surface area contributed by atoms with Gasteiger partial charge in [-0.2, -0.15) is 0 Å². The van der Waals surface area contributed by atoms with E-state index in [4.69, 9.17) is 4.74 Å².